The quantitative estimate of drug-likeness (QED) is 0.756. The highest BCUT2D eigenvalue weighted by Crippen LogP contribution is 2.05. The van der Waals surface area contributed by atoms with Crippen molar-refractivity contribution in [3.05, 3.63) is 5.82 Å². The fourth-order valence-electron chi connectivity index (χ4n) is 1.47. The summed E-state index contributed by atoms with van der Waals surface area (Å²) in [5.74, 6) is 1.39. The van der Waals surface area contributed by atoms with E-state index in [1.807, 2.05) is 0 Å². The van der Waals surface area contributed by atoms with E-state index in [1.54, 1.807) is 7.05 Å². The normalized spacial score (nSPS) is 13.5. The Kier molecular flexibility index (Phi) is 4.00. The van der Waals surface area contributed by atoms with Gasteiger partial charge in [-0.2, -0.15) is 4.80 Å². The van der Waals surface area contributed by atoms with E-state index in [9.17, 15) is 0 Å². The van der Waals surface area contributed by atoms with Gasteiger partial charge in [-0.1, -0.05) is 20.8 Å². The largest absolute Gasteiger partial charge is 0.307 e. The second-order valence-corrected chi connectivity index (χ2v) is 3.83. The van der Waals surface area contributed by atoms with E-state index >= 15 is 0 Å². The van der Waals surface area contributed by atoms with Crippen LogP contribution in [0.2, 0.25) is 0 Å². The Morgan fingerprint density at radius 3 is 2.57 bits per heavy atom. The number of rotatable bonds is 5. The lowest BCUT2D eigenvalue weighted by molar-refractivity contribution is 0.383. The Balaban J connectivity index is 2.39. The zero-order valence-electron chi connectivity index (χ0n) is 9.36. The van der Waals surface area contributed by atoms with Gasteiger partial charge in [-0.15, -0.1) is 10.2 Å². The summed E-state index contributed by atoms with van der Waals surface area (Å²) in [7, 11) is 1.77. The van der Waals surface area contributed by atoms with Crippen molar-refractivity contribution in [2.24, 2.45) is 13.0 Å². The van der Waals surface area contributed by atoms with E-state index in [0.717, 1.165) is 12.2 Å². The first kappa shape index (κ1) is 11.1. The fraction of sp³-hybridized carbons (Fsp3) is 0.889. The standard InChI is InChI=1S/C9H19N5/c1-5-8(7(2)3)10-6-9-11-13-14(4)12-9/h7-8,10H,5-6H2,1-4H3. The molecule has 0 aromatic carbocycles. The van der Waals surface area contributed by atoms with Crippen LogP contribution in [0.1, 0.15) is 33.0 Å². The van der Waals surface area contributed by atoms with Crippen molar-refractivity contribution >= 4 is 0 Å². The zero-order chi connectivity index (χ0) is 10.6. The minimum Gasteiger partial charge on any atom is -0.307 e. The molecule has 0 aliphatic carbocycles. The number of aromatic nitrogens is 4. The van der Waals surface area contributed by atoms with Crippen LogP contribution in [-0.4, -0.2) is 26.2 Å². The topological polar surface area (TPSA) is 55.6 Å². The van der Waals surface area contributed by atoms with Crippen molar-refractivity contribution in [1.29, 1.82) is 0 Å². The number of hydrogen-bond acceptors (Lipinski definition) is 4. The summed E-state index contributed by atoms with van der Waals surface area (Å²) in [5, 5.41) is 15.2. The van der Waals surface area contributed by atoms with Crippen molar-refractivity contribution in [2.75, 3.05) is 0 Å². The van der Waals surface area contributed by atoms with Gasteiger partial charge in [-0.05, 0) is 17.6 Å². The summed E-state index contributed by atoms with van der Waals surface area (Å²) in [6.45, 7) is 7.31. The molecule has 1 N–H and O–H groups in total. The predicted molar refractivity (Wildman–Crippen MR) is 54.6 cm³/mol. The molecule has 0 spiro atoms. The van der Waals surface area contributed by atoms with Crippen LogP contribution in [0.25, 0.3) is 0 Å². The third-order valence-corrected chi connectivity index (χ3v) is 2.32. The van der Waals surface area contributed by atoms with Gasteiger partial charge in [0.1, 0.15) is 0 Å². The second-order valence-electron chi connectivity index (χ2n) is 3.83. The molecule has 0 bridgehead atoms. The number of tetrazole rings is 1. The van der Waals surface area contributed by atoms with Gasteiger partial charge in [-0.25, -0.2) is 0 Å². The Labute approximate surface area is 84.9 Å². The molecule has 80 valence electrons. The van der Waals surface area contributed by atoms with E-state index < -0.39 is 0 Å². The minimum absolute atomic E-state index is 0.527. The Hall–Kier alpha value is -0.970. The smallest absolute Gasteiger partial charge is 0.188 e. The molecule has 1 heterocycles. The summed E-state index contributed by atoms with van der Waals surface area (Å²) in [6.07, 6.45) is 1.12. The Morgan fingerprint density at radius 2 is 2.14 bits per heavy atom. The van der Waals surface area contributed by atoms with E-state index in [-0.39, 0.29) is 0 Å². The number of nitrogens with one attached hydrogen (secondary N) is 1. The molecule has 0 amide bonds. The summed E-state index contributed by atoms with van der Waals surface area (Å²) < 4.78 is 0. The summed E-state index contributed by atoms with van der Waals surface area (Å²) in [6, 6.07) is 0.527. The van der Waals surface area contributed by atoms with Gasteiger partial charge in [0.15, 0.2) is 5.82 Å². The highest BCUT2D eigenvalue weighted by Gasteiger charge is 2.11. The summed E-state index contributed by atoms with van der Waals surface area (Å²) >= 11 is 0. The lowest BCUT2D eigenvalue weighted by Gasteiger charge is -2.19. The molecular weight excluding hydrogens is 178 g/mol. The van der Waals surface area contributed by atoms with Crippen LogP contribution in [0.3, 0.4) is 0 Å². The van der Waals surface area contributed by atoms with Crippen molar-refractivity contribution in [1.82, 2.24) is 25.5 Å². The van der Waals surface area contributed by atoms with E-state index in [2.05, 4.69) is 41.5 Å². The van der Waals surface area contributed by atoms with Crippen LogP contribution >= 0.6 is 0 Å². The highest BCUT2D eigenvalue weighted by molar-refractivity contribution is 4.78. The lowest BCUT2D eigenvalue weighted by Crippen LogP contribution is -2.33. The molecule has 0 aliphatic heterocycles. The third kappa shape index (κ3) is 3.06. The molecule has 0 fully saturated rings. The van der Waals surface area contributed by atoms with Crippen LogP contribution in [-0.2, 0) is 13.6 Å². The van der Waals surface area contributed by atoms with Gasteiger partial charge < -0.3 is 5.32 Å². The maximum Gasteiger partial charge on any atom is 0.188 e. The molecule has 5 heteroatoms. The Morgan fingerprint density at radius 1 is 1.43 bits per heavy atom. The molecule has 1 rings (SSSR count). The maximum atomic E-state index is 4.11. The van der Waals surface area contributed by atoms with Crippen molar-refractivity contribution < 1.29 is 0 Å². The van der Waals surface area contributed by atoms with Gasteiger partial charge in [0.25, 0.3) is 0 Å². The average molecular weight is 197 g/mol. The number of nitrogens with zero attached hydrogens (tertiary/aromatic N) is 4. The molecular formula is C9H19N5. The van der Waals surface area contributed by atoms with Crippen molar-refractivity contribution in [3.63, 3.8) is 0 Å². The second kappa shape index (κ2) is 5.05. The zero-order valence-corrected chi connectivity index (χ0v) is 9.36. The van der Waals surface area contributed by atoms with Gasteiger partial charge >= 0.3 is 0 Å². The van der Waals surface area contributed by atoms with Gasteiger partial charge in [-0.3, -0.25) is 0 Å². The SMILES string of the molecule is CCC(NCc1nnn(C)n1)C(C)C. The van der Waals surface area contributed by atoms with E-state index in [0.29, 0.717) is 18.5 Å². The van der Waals surface area contributed by atoms with E-state index in [1.165, 1.54) is 4.80 Å². The number of hydrogen-bond donors (Lipinski definition) is 1. The molecule has 0 saturated heterocycles. The predicted octanol–water partition coefficient (Wildman–Crippen LogP) is 0.734. The van der Waals surface area contributed by atoms with Crippen molar-refractivity contribution in [2.45, 2.75) is 39.8 Å². The molecule has 0 radical (unpaired) electrons. The molecule has 14 heavy (non-hydrogen) atoms. The molecule has 0 saturated carbocycles. The van der Waals surface area contributed by atoms with Crippen LogP contribution in [0.5, 0.6) is 0 Å². The monoisotopic (exact) mass is 197 g/mol. The minimum atomic E-state index is 0.527. The van der Waals surface area contributed by atoms with Crippen LogP contribution < -0.4 is 5.32 Å². The van der Waals surface area contributed by atoms with Crippen LogP contribution in [0.15, 0.2) is 0 Å². The molecule has 1 aromatic rings. The van der Waals surface area contributed by atoms with Crippen LogP contribution in [0, 0.1) is 5.92 Å². The van der Waals surface area contributed by atoms with Crippen molar-refractivity contribution in [3.8, 4) is 0 Å². The van der Waals surface area contributed by atoms with Gasteiger partial charge in [0.2, 0.25) is 0 Å². The molecule has 0 aliphatic rings. The molecule has 1 atom stereocenters. The molecule has 1 unspecified atom stereocenters. The first-order chi connectivity index (χ1) is 6.63. The summed E-state index contributed by atoms with van der Waals surface area (Å²) in [4.78, 5) is 1.48. The van der Waals surface area contributed by atoms with E-state index in [4.69, 9.17) is 0 Å². The summed E-state index contributed by atoms with van der Waals surface area (Å²) in [5.41, 5.74) is 0. The van der Waals surface area contributed by atoms with Gasteiger partial charge in [0.05, 0.1) is 13.6 Å². The average Bonchev–Trinajstić information content (AvgIpc) is 2.52. The van der Waals surface area contributed by atoms with Gasteiger partial charge in [0, 0.05) is 6.04 Å². The molecule has 1 aromatic heterocycles. The first-order valence-corrected chi connectivity index (χ1v) is 5.09. The fourth-order valence-corrected chi connectivity index (χ4v) is 1.47. The first-order valence-electron chi connectivity index (χ1n) is 5.09. The third-order valence-electron chi connectivity index (χ3n) is 2.32. The highest BCUT2D eigenvalue weighted by atomic mass is 15.6. The molecule has 5 nitrogen and oxygen atoms in total. The Bertz CT molecular complexity index is 268. The van der Waals surface area contributed by atoms with Crippen LogP contribution in [0.4, 0.5) is 0 Å². The number of aryl methyl sites for hydroxylation is 1. The lowest BCUT2D eigenvalue weighted by atomic mass is 10.0. The maximum absolute atomic E-state index is 4.11.